The minimum atomic E-state index is -0.627. The number of nitrogens with zero attached hydrogens (tertiary/aromatic N) is 2. The number of carbonyl (C=O) groups excluding carboxylic acids is 1. The Morgan fingerprint density at radius 1 is 1.30 bits per heavy atom. The molecule has 2 fully saturated rings. The Bertz CT molecular complexity index is 391. The average molecular weight is 327 g/mol. The zero-order chi connectivity index (χ0) is 17.0. The molecule has 0 radical (unpaired) electrons. The second-order valence-electron chi connectivity index (χ2n) is 7.32. The molecule has 1 heterocycles. The van der Waals surface area contributed by atoms with Gasteiger partial charge in [0.1, 0.15) is 5.78 Å². The Labute approximate surface area is 139 Å². The van der Waals surface area contributed by atoms with Gasteiger partial charge in [-0.1, -0.05) is 13.8 Å². The number of piperidine rings is 1. The Balaban J connectivity index is 1.87. The highest BCUT2D eigenvalue weighted by Crippen LogP contribution is 2.31. The predicted molar refractivity (Wildman–Crippen MR) is 87.9 cm³/mol. The number of carbonyl (C=O) groups is 1. The van der Waals surface area contributed by atoms with Crippen LogP contribution in [0.4, 0.5) is 0 Å². The number of hydrogen-bond acceptors (Lipinski definition) is 6. The van der Waals surface area contributed by atoms with Crippen LogP contribution >= 0.6 is 0 Å². The highest BCUT2D eigenvalue weighted by molar-refractivity contribution is 5.83. The van der Waals surface area contributed by atoms with Crippen molar-refractivity contribution in [3.05, 3.63) is 5.21 Å². The van der Waals surface area contributed by atoms with Crippen molar-refractivity contribution in [2.24, 2.45) is 17.8 Å². The Hall–Kier alpha value is -0.530. The maximum absolute atomic E-state index is 12.6. The molecule has 0 amide bonds. The van der Waals surface area contributed by atoms with Gasteiger partial charge in [-0.25, -0.2) is 0 Å². The first kappa shape index (κ1) is 18.8. The van der Waals surface area contributed by atoms with E-state index in [9.17, 15) is 15.2 Å². The molecule has 1 aliphatic carbocycles. The van der Waals surface area contributed by atoms with Gasteiger partial charge < -0.3 is 15.2 Å². The van der Waals surface area contributed by atoms with E-state index in [1.807, 2.05) is 6.92 Å². The van der Waals surface area contributed by atoms with E-state index in [4.69, 9.17) is 4.74 Å². The maximum atomic E-state index is 12.6. The van der Waals surface area contributed by atoms with E-state index in [-0.39, 0.29) is 23.0 Å². The summed E-state index contributed by atoms with van der Waals surface area (Å²) in [5.41, 5.74) is 0. The van der Waals surface area contributed by atoms with Crippen molar-refractivity contribution in [2.75, 3.05) is 26.2 Å². The van der Waals surface area contributed by atoms with Gasteiger partial charge in [-0.15, -0.1) is 0 Å². The Morgan fingerprint density at radius 2 is 2.04 bits per heavy atom. The fourth-order valence-electron chi connectivity index (χ4n) is 3.89. The third kappa shape index (κ3) is 4.97. The summed E-state index contributed by atoms with van der Waals surface area (Å²) in [6.45, 7) is 9.31. The molecule has 0 aromatic carbocycles. The molecule has 134 valence electrons. The van der Waals surface area contributed by atoms with Gasteiger partial charge in [0.25, 0.3) is 0 Å². The largest absolute Gasteiger partial charge is 0.762 e. The van der Waals surface area contributed by atoms with E-state index in [1.165, 1.54) is 0 Å². The summed E-state index contributed by atoms with van der Waals surface area (Å²) in [5, 5.41) is 20.7. The van der Waals surface area contributed by atoms with Crippen molar-refractivity contribution in [2.45, 2.75) is 58.6 Å². The highest BCUT2D eigenvalue weighted by Gasteiger charge is 2.36. The van der Waals surface area contributed by atoms with Crippen LogP contribution in [0.25, 0.3) is 0 Å². The lowest BCUT2D eigenvalue weighted by Gasteiger charge is -2.42. The summed E-state index contributed by atoms with van der Waals surface area (Å²) in [4.78, 5) is 14.8. The number of hydroxylamine groups is 2. The van der Waals surface area contributed by atoms with Crippen LogP contribution in [0.2, 0.25) is 0 Å². The molecule has 1 N–H and O–H groups in total. The molecule has 1 saturated heterocycles. The number of rotatable bonds is 6. The second-order valence-corrected chi connectivity index (χ2v) is 7.32. The first-order valence-electron chi connectivity index (χ1n) is 8.94. The van der Waals surface area contributed by atoms with E-state index in [2.05, 4.69) is 18.7 Å². The molecule has 5 atom stereocenters. The molecule has 2 rings (SSSR count). The third-order valence-electron chi connectivity index (χ3n) is 5.67. The second kappa shape index (κ2) is 8.53. The van der Waals surface area contributed by atoms with Crippen molar-refractivity contribution in [1.29, 1.82) is 0 Å². The summed E-state index contributed by atoms with van der Waals surface area (Å²) in [7, 11) is 0. The summed E-state index contributed by atoms with van der Waals surface area (Å²) in [6.07, 6.45) is 2.65. The van der Waals surface area contributed by atoms with Crippen LogP contribution in [-0.2, 0) is 9.53 Å². The first-order chi connectivity index (χ1) is 10.9. The lowest BCUT2D eigenvalue weighted by atomic mass is 9.81. The normalized spacial score (nSPS) is 36.3. The van der Waals surface area contributed by atoms with Crippen LogP contribution in [0, 0.1) is 23.0 Å². The number of ketones is 1. The average Bonchev–Trinajstić information content (AvgIpc) is 2.51. The van der Waals surface area contributed by atoms with Crippen LogP contribution in [0.1, 0.15) is 46.5 Å². The van der Waals surface area contributed by atoms with Gasteiger partial charge in [-0.3, -0.25) is 14.9 Å². The third-order valence-corrected chi connectivity index (χ3v) is 5.67. The summed E-state index contributed by atoms with van der Waals surface area (Å²) in [6, 6.07) is -0.627. The molecular formula is C17H31N2O4-. The molecule has 0 aromatic rings. The number of Topliss-reactive ketones (excluding diaryl/α,β-unsaturated/α-hetero) is 1. The van der Waals surface area contributed by atoms with Crippen LogP contribution in [-0.4, -0.2) is 59.5 Å². The highest BCUT2D eigenvalue weighted by atomic mass is 16.8. The van der Waals surface area contributed by atoms with E-state index in [0.29, 0.717) is 31.9 Å². The van der Waals surface area contributed by atoms with Gasteiger partial charge in [-0.2, -0.15) is 0 Å². The fourth-order valence-corrected chi connectivity index (χ4v) is 3.89. The van der Waals surface area contributed by atoms with Crippen LogP contribution in [0.5, 0.6) is 0 Å². The molecular weight excluding hydrogens is 296 g/mol. The van der Waals surface area contributed by atoms with E-state index < -0.39 is 6.04 Å². The fraction of sp³-hybridized carbons (Fsp3) is 0.941. The SMILES string of the molecule is CCOC1CCC(C(=O)CN2CCC(C)C(C)C2)CC1N([O-])O. The lowest BCUT2D eigenvalue weighted by Crippen LogP contribution is -2.48. The summed E-state index contributed by atoms with van der Waals surface area (Å²) >= 11 is 0. The van der Waals surface area contributed by atoms with E-state index >= 15 is 0 Å². The zero-order valence-electron chi connectivity index (χ0n) is 14.6. The Morgan fingerprint density at radius 3 is 2.65 bits per heavy atom. The standard InChI is InChI=1S/C17H31N2O4/c1-4-23-17-6-5-14(9-15(17)19(21)22)16(20)11-18-8-7-12(2)13(3)10-18/h12-15,17,21H,4-11H2,1-3H3/q-1. The monoisotopic (exact) mass is 327 g/mol. The van der Waals surface area contributed by atoms with Crippen LogP contribution in [0.15, 0.2) is 0 Å². The van der Waals surface area contributed by atoms with Gasteiger partial charge in [0.05, 0.1) is 12.6 Å². The quantitative estimate of drug-likeness (QED) is 0.754. The first-order valence-corrected chi connectivity index (χ1v) is 8.94. The molecule has 6 heteroatoms. The van der Waals surface area contributed by atoms with Gasteiger partial charge in [0, 0.05) is 25.1 Å². The van der Waals surface area contributed by atoms with Gasteiger partial charge in [0.2, 0.25) is 0 Å². The minimum Gasteiger partial charge on any atom is -0.762 e. The number of ether oxygens (including phenoxy) is 1. The number of likely N-dealkylation sites (tertiary alicyclic amines) is 1. The topological polar surface area (TPSA) is 76.1 Å². The van der Waals surface area contributed by atoms with Crippen molar-refractivity contribution in [1.82, 2.24) is 10.1 Å². The summed E-state index contributed by atoms with van der Waals surface area (Å²) in [5.74, 6) is 1.40. The zero-order valence-corrected chi connectivity index (χ0v) is 14.6. The molecule has 5 unspecified atom stereocenters. The van der Waals surface area contributed by atoms with Gasteiger partial charge in [0.15, 0.2) is 0 Å². The van der Waals surface area contributed by atoms with E-state index in [1.54, 1.807) is 0 Å². The van der Waals surface area contributed by atoms with Crippen molar-refractivity contribution >= 4 is 5.78 Å². The van der Waals surface area contributed by atoms with Crippen molar-refractivity contribution < 1.29 is 14.7 Å². The molecule has 1 aliphatic heterocycles. The van der Waals surface area contributed by atoms with E-state index in [0.717, 1.165) is 31.8 Å². The minimum absolute atomic E-state index is 0.00951. The van der Waals surface area contributed by atoms with Gasteiger partial charge >= 0.3 is 0 Å². The maximum Gasteiger partial charge on any atom is 0.149 e. The lowest BCUT2D eigenvalue weighted by molar-refractivity contribution is -0.152. The number of hydrogen-bond donors (Lipinski definition) is 1. The van der Waals surface area contributed by atoms with Crippen LogP contribution < -0.4 is 0 Å². The molecule has 0 aromatic heterocycles. The molecule has 23 heavy (non-hydrogen) atoms. The summed E-state index contributed by atoms with van der Waals surface area (Å²) < 4.78 is 5.54. The molecule has 6 nitrogen and oxygen atoms in total. The Kier molecular flexibility index (Phi) is 6.98. The van der Waals surface area contributed by atoms with Crippen LogP contribution in [0.3, 0.4) is 0 Å². The molecule has 0 spiro atoms. The van der Waals surface area contributed by atoms with Gasteiger partial charge in [-0.05, 0) is 51.0 Å². The molecule has 2 aliphatic rings. The van der Waals surface area contributed by atoms with Crippen molar-refractivity contribution in [3.63, 3.8) is 0 Å². The smallest absolute Gasteiger partial charge is 0.149 e. The molecule has 1 saturated carbocycles. The molecule has 0 bridgehead atoms. The predicted octanol–water partition coefficient (Wildman–Crippen LogP) is 2.30. The van der Waals surface area contributed by atoms with Crippen molar-refractivity contribution in [3.8, 4) is 0 Å².